The average Bonchev–Trinajstić information content (AvgIpc) is 2.70. The van der Waals surface area contributed by atoms with E-state index in [4.69, 9.17) is 5.26 Å². The highest BCUT2D eigenvalue weighted by atomic mass is 32.2. The van der Waals surface area contributed by atoms with Gasteiger partial charge in [-0.15, -0.1) is 23.5 Å². The van der Waals surface area contributed by atoms with Gasteiger partial charge in [-0.05, 0) is 48.5 Å². The third-order valence-electron chi connectivity index (χ3n) is 3.42. The molecule has 0 saturated carbocycles. The van der Waals surface area contributed by atoms with E-state index in [0.29, 0.717) is 5.56 Å². The van der Waals surface area contributed by atoms with Gasteiger partial charge in [0.2, 0.25) is 5.78 Å². The van der Waals surface area contributed by atoms with Crippen molar-refractivity contribution in [2.45, 2.75) is 0 Å². The number of nitriles is 2. The summed E-state index contributed by atoms with van der Waals surface area (Å²) in [5, 5.41) is 18.3. The van der Waals surface area contributed by atoms with Crippen molar-refractivity contribution in [3.63, 3.8) is 0 Å². The molecule has 28 heavy (non-hydrogen) atoms. The number of halogens is 2. The summed E-state index contributed by atoms with van der Waals surface area (Å²) >= 11 is 1.93. The molecule has 0 fully saturated rings. The summed E-state index contributed by atoms with van der Waals surface area (Å²) in [5.41, 5.74) is 0.198. The van der Waals surface area contributed by atoms with Gasteiger partial charge in [0.1, 0.15) is 23.3 Å². The van der Waals surface area contributed by atoms with E-state index in [1.165, 1.54) is 24.3 Å². The zero-order valence-corrected chi connectivity index (χ0v) is 15.9. The molecule has 0 aliphatic rings. The van der Waals surface area contributed by atoms with Crippen LogP contribution < -0.4 is 0 Å². The monoisotopic (exact) mass is 414 g/mol. The first-order valence-electron chi connectivity index (χ1n) is 7.82. The number of hydrogen-bond donors (Lipinski definition) is 0. The third-order valence-corrected chi connectivity index (χ3v) is 5.74. The maximum atomic E-state index is 13.1. The van der Waals surface area contributed by atoms with E-state index in [9.17, 15) is 23.6 Å². The van der Waals surface area contributed by atoms with Gasteiger partial charge in [0.25, 0.3) is 0 Å². The minimum Gasteiger partial charge on any atom is -0.293 e. The molecule has 0 saturated heterocycles. The van der Waals surface area contributed by atoms with Gasteiger partial charge in [0.15, 0.2) is 5.78 Å². The van der Waals surface area contributed by atoms with Gasteiger partial charge in [0.05, 0.1) is 21.8 Å². The fourth-order valence-corrected chi connectivity index (χ4v) is 3.95. The predicted molar refractivity (Wildman–Crippen MR) is 105 cm³/mol. The van der Waals surface area contributed by atoms with Crippen molar-refractivity contribution in [3.05, 3.63) is 81.1 Å². The fraction of sp³-hybridized carbons (Fsp3) is 0.100. The molecule has 0 unspecified atom stereocenters. The number of thioether (sulfide) groups is 2. The minimum atomic E-state index is -0.621. The van der Waals surface area contributed by atoms with Crippen LogP contribution in [0.15, 0.2) is 58.3 Å². The summed E-state index contributed by atoms with van der Waals surface area (Å²) < 4.78 is 26.3. The highest BCUT2D eigenvalue weighted by Crippen LogP contribution is 2.33. The first-order chi connectivity index (χ1) is 13.5. The summed E-state index contributed by atoms with van der Waals surface area (Å²) in [4.78, 5) is 24.9. The number of allylic oxidation sites excluding steroid dienone is 1. The molecule has 0 bridgehead atoms. The molecule has 0 radical (unpaired) electrons. The van der Waals surface area contributed by atoms with Gasteiger partial charge < -0.3 is 0 Å². The molecule has 0 heterocycles. The number of nitrogens with zero attached hydrogens (tertiary/aromatic N) is 2. The molecule has 0 spiro atoms. The zero-order valence-electron chi connectivity index (χ0n) is 14.3. The van der Waals surface area contributed by atoms with Crippen LogP contribution in [0.3, 0.4) is 0 Å². The number of Topliss-reactive ketones (excluding diaryl/α,β-unsaturated/α-hetero) is 2. The maximum Gasteiger partial charge on any atom is 0.205 e. The Balaban J connectivity index is 2.25. The van der Waals surface area contributed by atoms with Crippen molar-refractivity contribution in [1.29, 1.82) is 10.5 Å². The summed E-state index contributed by atoms with van der Waals surface area (Å²) in [6.07, 6.45) is 0. The Hall–Kier alpha value is -2.94. The van der Waals surface area contributed by atoms with Crippen LogP contribution in [0, 0.1) is 34.3 Å². The molecular weight excluding hydrogens is 402 g/mol. The Labute approximate surface area is 168 Å². The first kappa shape index (κ1) is 21.4. The SMILES string of the molecule is N#CCS/C(SCC(=O)c1ccc(F)cc1)=C(/C#N)C(=O)c1ccc(F)cc1. The molecule has 0 N–H and O–H groups in total. The third kappa shape index (κ3) is 5.78. The van der Waals surface area contributed by atoms with Crippen LogP contribution in [0.2, 0.25) is 0 Å². The molecule has 0 aliphatic heterocycles. The molecule has 2 aromatic rings. The van der Waals surface area contributed by atoms with Crippen LogP contribution in [-0.4, -0.2) is 23.1 Å². The second-order valence-electron chi connectivity index (χ2n) is 5.28. The molecule has 0 aliphatic carbocycles. The van der Waals surface area contributed by atoms with Gasteiger partial charge in [-0.2, -0.15) is 10.5 Å². The Kier molecular flexibility index (Phi) is 7.94. The Morgan fingerprint density at radius 1 is 0.857 bits per heavy atom. The molecule has 0 amide bonds. The maximum absolute atomic E-state index is 13.1. The van der Waals surface area contributed by atoms with E-state index in [1.54, 1.807) is 0 Å². The van der Waals surface area contributed by atoms with Gasteiger partial charge >= 0.3 is 0 Å². The Morgan fingerprint density at radius 2 is 1.39 bits per heavy atom. The number of ketones is 2. The number of carbonyl (C=O) groups is 2. The summed E-state index contributed by atoms with van der Waals surface area (Å²) in [6.45, 7) is 0. The van der Waals surface area contributed by atoms with Gasteiger partial charge in [-0.1, -0.05) is 0 Å². The molecule has 4 nitrogen and oxygen atoms in total. The second kappa shape index (κ2) is 10.4. The Morgan fingerprint density at radius 3 is 1.89 bits per heavy atom. The van der Waals surface area contributed by atoms with Gasteiger partial charge in [-0.3, -0.25) is 9.59 Å². The van der Waals surface area contributed by atoms with Crippen LogP contribution >= 0.6 is 23.5 Å². The fourth-order valence-electron chi connectivity index (χ4n) is 2.07. The van der Waals surface area contributed by atoms with Crippen molar-refractivity contribution < 1.29 is 18.4 Å². The van der Waals surface area contributed by atoms with Crippen molar-refractivity contribution in [2.75, 3.05) is 11.5 Å². The molecular formula is C20H12F2N2O2S2. The summed E-state index contributed by atoms with van der Waals surface area (Å²) in [6, 6.07) is 13.5. The standard InChI is InChI=1S/C20H12F2N2O2S2/c21-15-5-1-13(2-6-15)18(25)12-28-20(27-10-9-23)17(11-24)19(26)14-3-7-16(22)8-4-14/h1-8H,10,12H2/b20-17+. The van der Waals surface area contributed by atoms with Gasteiger partial charge in [-0.25, -0.2) is 8.78 Å². The number of rotatable bonds is 8. The highest BCUT2D eigenvalue weighted by Gasteiger charge is 2.20. The lowest BCUT2D eigenvalue weighted by Gasteiger charge is -2.08. The molecule has 2 aromatic carbocycles. The topological polar surface area (TPSA) is 81.7 Å². The van der Waals surface area contributed by atoms with Gasteiger partial charge in [0, 0.05) is 11.1 Å². The van der Waals surface area contributed by atoms with E-state index in [2.05, 4.69) is 0 Å². The zero-order chi connectivity index (χ0) is 20.5. The van der Waals surface area contributed by atoms with E-state index in [0.717, 1.165) is 47.8 Å². The van der Waals surface area contributed by atoms with E-state index in [1.807, 2.05) is 12.1 Å². The van der Waals surface area contributed by atoms with Crippen molar-refractivity contribution in [3.8, 4) is 12.1 Å². The lowest BCUT2D eigenvalue weighted by atomic mass is 10.1. The average molecular weight is 414 g/mol. The lowest BCUT2D eigenvalue weighted by Crippen LogP contribution is -2.06. The van der Waals surface area contributed by atoms with Crippen LogP contribution in [-0.2, 0) is 0 Å². The van der Waals surface area contributed by atoms with Crippen molar-refractivity contribution in [1.82, 2.24) is 0 Å². The van der Waals surface area contributed by atoms with E-state index in [-0.39, 0.29) is 32.7 Å². The quantitative estimate of drug-likeness (QED) is 0.352. The number of hydrogen-bond acceptors (Lipinski definition) is 6. The van der Waals surface area contributed by atoms with E-state index < -0.39 is 17.4 Å². The molecule has 2 rings (SSSR count). The molecule has 140 valence electrons. The van der Waals surface area contributed by atoms with Crippen LogP contribution in [0.25, 0.3) is 0 Å². The van der Waals surface area contributed by atoms with E-state index >= 15 is 0 Å². The number of carbonyl (C=O) groups excluding carboxylic acids is 2. The number of benzene rings is 2. The molecule has 8 heteroatoms. The van der Waals surface area contributed by atoms with Crippen LogP contribution in [0.1, 0.15) is 20.7 Å². The lowest BCUT2D eigenvalue weighted by molar-refractivity contribution is 0.101. The highest BCUT2D eigenvalue weighted by molar-refractivity contribution is 8.22. The van der Waals surface area contributed by atoms with Crippen LogP contribution in [0.4, 0.5) is 8.78 Å². The Bertz CT molecular complexity index is 989. The van der Waals surface area contributed by atoms with Crippen LogP contribution in [0.5, 0.6) is 0 Å². The minimum absolute atomic E-state index is 0.0189. The molecule has 0 atom stereocenters. The predicted octanol–water partition coefficient (Wildman–Crippen LogP) is 4.76. The smallest absolute Gasteiger partial charge is 0.205 e. The van der Waals surface area contributed by atoms with Crippen molar-refractivity contribution in [2.24, 2.45) is 0 Å². The first-order valence-corrected chi connectivity index (χ1v) is 9.79. The summed E-state index contributed by atoms with van der Waals surface area (Å²) in [5.74, 6) is -2.03. The molecule has 0 aromatic heterocycles. The normalized spacial score (nSPS) is 11.1. The van der Waals surface area contributed by atoms with Crippen molar-refractivity contribution >= 4 is 35.1 Å². The summed E-state index contributed by atoms with van der Waals surface area (Å²) in [7, 11) is 0. The second-order valence-corrected chi connectivity index (χ2v) is 7.51. The largest absolute Gasteiger partial charge is 0.293 e.